The third-order valence-corrected chi connectivity index (χ3v) is 6.35. The lowest BCUT2D eigenvalue weighted by Crippen LogP contribution is -2.45. The van der Waals surface area contributed by atoms with E-state index in [0.29, 0.717) is 16.7 Å². The summed E-state index contributed by atoms with van der Waals surface area (Å²) in [6, 6.07) is 6.97. The molecule has 2 amide bonds. The van der Waals surface area contributed by atoms with Crippen LogP contribution < -0.4 is 16.4 Å². The van der Waals surface area contributed by atoms with Gasteiger partial charge in [-0.25, -0.2) is 13.4 Å². The average molecular weight is 392 g/mol. The fourth-order valence-electron chi connectivity index (χ4n) is 3.01. The van der Waals surface area contributed by atoms with E-state index in [9.17, 15) is 22.8 Å². The van der Waals surface area contributed by atoms with Gasteiger partial charge in [0.05, 0.1) is 28.3 Å². The Morgan fingerprint density at radius 2 is 2.00 bits per heavy atom. The van der Waals surface area contributed by atoms with Crippen molar-refractivity contribution in [2.24, 2.45) is 13.0 Å². The van der Waals surface area contributed by atoms with Gasteiger partial charge in [-0.1, -0.05) is 12.1 Å². The molecule has 1 saturated heterocycles. The van der Waals surface area contributed by atoms with Gasteiger partial charge in [-0.15, -0.1) is 0 Å². The van der Waals surface area contributed by atoms with Crippen LogP contribution in [-0.4, -0.2) is 41.3 Å². The summed E-state index contributed by atoms with van der Waals surface area (Å²) in [5, 5.41) is 0.506. The van der Waals surface area contributed by atoms with E-state index >= 15 is 0 Å². The standard InChI is InChI=1S/C17H20N4O5S/c1-21-14(18-13-5-3-2-4-12(13)17(21)24)6-7-15(22)19-20-16(23)11-8-9-27(25,26)10-11/h2-5,11H,6-10H2,1H3,(H,19,22)(H,20,23)/t11-/m1/s1. The molecule has 144 valence electrons. The number of nitrogens with zero attached hydrogens (tertiary/aromatic N) is 2. The van der Waals surface area contributed by atoms with Gasteiger partial charge < -0.3 is 0 Å². The van der Waals surface area contributed by atoms with E-state index in [4.69, 9.17) is 0 Å². The van der Waals surface area contributed by atoms with Crippen molar-refractivity contribution in [1.82, 2.24) is 20.4 Å². The molecule has 0 bridgehead atoms. The maximum Gasteiger partial charge on any atom is 0.261 e. The summed E-state index contributed by atoms with van der Waals surface area (Å²) in [7, 11) is -1.57. The number of nitrogens with one attached hydrogen (secondary N) is 2. The minimum absolute atomic E-state index is 0.0132. The Labute approximate surface area is 155 Å². The normalized spacial score (nSPS) is 18.3. The summed E-state index contributed by atoms with van der Waals surface area (Å²) in [6.45, 7) is 0. The van der Waals surface area contributed by atoms with Crippen LogP contribution in [0.5, 0.6) is 0 Å². The quantitative estimate of drug-likeness (QED) is 0.672. The zero-order valence-corrected chi connectivity index (χ0v) is 15.6. The first-order chi connectivity index (χ1) is 12.8. The maximum atomic E-state index is 12.3. The van der Waals surface area contributed by atoms with E-state index in [2.05, 4.69) is 15.8 Å². The van der Waals surface area contributed by atoms with Crippen LogP contribution in [-0.2, 0) is 32.9 Å². The number of amides is 2. The molecular formula is C17H20N4O5S. The third-order valence-electron chi connectivity index (χ3n) is 4.58. The number of sulfone groups is 1. The predicted octanol–water partition coefficient (Wildman–Crippen LogP) is -0.552. The highest BCUT2D eigenvalue weighted by atomic mass is 32.2. The van der Waals surface area contributed by atoms with E-state index in [-0.39, 0.29) is 36.3 Å². The number of hydrogen-bond donors (Lipinski definition) is 2. The van der Waals surface area contributed by atoms with Crippen molar-refractivity contribution in [3.8, 4) is 0 Å². The Morgan fingerprint density at radius 1 is 1.26 bits per heavy atom. The van der Waals surface area contributed by atoms with Crippen molar-refractivity contribution in [2.75, 3.05) is 11.5 Å². The Hall–Kier alpha value is -2.75. The molecular weight excluding hydrogens is 372 g/mol. The van der Waals surface area contributed by atoms with Crippen molar-refractivity contribution in [3.05, 3.63) is 40.4 Å². The van der Waals surface area contributed by atoms with Gasteiger partial charge in [0, 0.05) is 19.9 Å². The monoisotopic (exact) mass is 392 g/mol. The highest BCUT2D eigenvalue weighted by Crippen LogP contribution is 2.18. The van der Waals surface area contributed by atoms with Gasteiger partial charge >= 0.3 is 0 Å². The number of hydrazine groups is 1. The summed E-state index contributed by atoms with van der Waals surface area (Å²) in [4.78, 5) is 40.6. The van der Waals surface area contributed by atoms with Crippen LogP contribution in [0.2, 0.25) is 0 Å². The van der Waals surface area contributed by atoms with Crippen molar-refractivity contribution in [3.63, 3.8) is 0 Å². The number of carbonyl (C=O) groups is 2. The van der Waals surface area contributed by atoms with Gasteiger partial charge in [-0.3, -0.25) is 29.8 Å². The number of fused-ring (bicyclic) bond motifs is 1. The second-order valence-electron chi connectivity index (χ2n) is 6.55. The number of aromatic nitrogens is 2. The highest BCUT2D eigenvalue weighted by molar-refractivity contribution is 7.91. The molecule has 0 unspecified atom stereocenters. The summed E-state index contributed by atoms with van der Waals surface area (Å²) in [5.41, 5.74) is 4.92. The first-order valence-electron chi connectivity index (χ1n) is 8.50. The Kier molecular flexibility index (Phi) is 5.26. The van der Waals surface area contributed by atoms with Crippen LogP contribution >= 0.6 is 0 Å². The summed E-state index contributed by atoms with van der Waals surface area (Å²) >= 11 is 0. The van der Waals surface area contributed by atoms with Crippen molar-refractivity contribution in [1.29, 1.82) is 0 Å². The fraction of sp³-hybridized carbons (Fsp3) is 0.412. The zero-order valence-electron chi connectivity index (χ0n) is 14.8. The number of carbonyl (C=O) groups excluding carboxylic acids is 2. The number of para-hydroxylation sites is 1. The summed E-state index contributed by atoms with van der Waals surface area (Å²) < 4.78 is 24.2. The van der Waals surface area contributed by atoms with Crippen molar-refractivity contribution >= 4 is 32.6 Å². The Balaban J connectivity index is 1.57. The van der Waals surface area contributed by atoms with E-state index < -0.39 is 27.6 Å². The number of aryl methyl sites for hydroxylation is 1. The molecule has 0 saturated carbocycles. The van der Waals surface area contributed by atoms with Crippen molar-refractivity contribution < 1.29 is 18.0 Å². The molecule has 2 heterocycles. The van der Waals surface area contributed by atoms with E-state index in [1.807, 2.05) is 0 Å². The molecule has 0 radical (unpaired) electrons. The Bertz CT molecular complexity index is 1060. The van der Waals surface area contributed by atoms with Crippen molar-refractivity contribution in [2.45, 2.75) is 19.3 Å². The summed E-state index contributed by atoms with van der Waals surface area (Å²) in [5.74, 6) is -1.36. The van der Waals surface area contributed by atoms with Gasteiger partial charge in [0.15, 0.2) is 9.84 Å². The van der Waals surface area contributed by atoms with Gasteiger partial charge in [-0.2, -0.15) is 0 Å². The molecule has 0 spiro atoms. The van der Waals surface area contributed by atoms with Crippen LogP contribution in [0.15, 0.2) is 29.1 Å². The van der Waals surface area contributed by atoms with Gasteiger partial charge in [0.1, 0.15) is 5.82 Å². The first-order valence-corrected chi connectivity index (χ1v) is 10.3. The van der Waals surface area contributed by atoms with Crippen LogP contribution in [0.25, 0.3) is 10.9 Å². The predicted molar refractivity (Wildman–Crippen MR) is 98.4 cm³/mol. The molecule has 9 nitrogen and oxygen atoms in total. The summed E-state index contributed by atoms with van der Waals surface area (Å²) in [6.07, 6.45) is 0.491. The van der Waals surface area contributed by atoms with E-state index in [1.165, 1.54) is 4.57 Å². The van der Waals surface area contributed by atoms with Gasteiger partial charge in [0.25, 0.3) is 5.56 Å². The molecule has 2 aromatic rings. The topological polar surface area (TPSA) is 127 Å². The molecule has 1 aliphatic rings. The molecule has 10 heteroatoms. The fourth-order valence-corrected chi connectivity index (χ4v) is 4.75. The van der Waals surface area contributed by atoms with Crippen LogP contribution in [0.4, 0.5) is 0 Å². The molecule has 0 aliphatic carbocycles. The molecule has 1 atom stereocenters. The molecule has 2 N–H and O–H groups in total. The molecule has 1 aromatic heterocycles. The highest BCUT2D eigenvalue weighted by Gasteiger charge is 2.33. The number of benzene rings is 1. The van der Waals surface area contributed by atoms with Gasteiger partial charge in [-0.05, 0) is 18.6 Å². The molecule has 1 aliphatic heterocycles. The van der Waals surface area contributed by atoms with E-state index in [1.54, 1.807) is 31.3 Å². The first kappa shape index (κ1) is 19.0. The minimum atomic E-state index is -3.17. The molecule has 1 fully saturated rings. The zero-order chi connectivity index (χ0) is 19.6. The lowest BCUT2D eigenvalue weighted by Gasteiger charge is -2.11. The third kappa shape index (κ3) is 4.33. The lowest BCUT2D eigenvalue weighted by molar-refractivity contribution is -0.130. The lowest BCUT2D eigenvalue weighted by atomic mass is 10.1. The second kappa shape index (κ2) is 7.47. The molecule has 27 heavy (non-hydrogen) atoms. The SMILES string of the molecule is Cn1c(CCC(=O)NNC(=O)[C@@H]2CCS(=O)(=O)C2)nc2ccccc2c1=O. The molecule has 3 rings (SSSR count). The second-order valence-corrected chi connectivity index (χ2v) is 8.78. The largest absolute Gasteiger partial charge is 0.299 e. The van der Waals surface area contributed by atoms with Crippen LogP contribution in [0.3, 0.4) is 0 Å². The average Bonchev–Trinajstić information content (AvgIpc) is 3.01. The van der Waals surface area contributed by atoms with Crippen LogP contribution in [0, 0.1) is 5.92 Å². The number of hydrogen-bond acceptors (Lipinski definition) is 6. The van der Waals surface area contributed by atoms with Gasteiger partial charge in [0.2, 0.25) is 11.8 Å². The smallest absolute Gasteiger partial charge is 0.261 e. The maximum absolute atomic E-state index is 12.3. The Morgan fingerprint density at radius 3 is 2.70 bits per heavy atom. The minimum Gasteiger partial charge on any atom is -0.299 e. The van der Waals surface area contributed by atoms with E-state index in [0.717, 1.165) is 0 Å². The number of rotatable bonds is 4. The van der Waals surface area contributed by atoms with Crippen LogP contribution in [0.1, 0.15) is 18.7 Å². The molecule has 1 aromatic carbocycles.